The molecule has 3 nitrogen and oxygen atoms in total. The third-order valence-electron chi connectivity index (χ3n) is 6.15. The molecule has 2 N–H and O–H groups in total. The number of thiophene rings is 1. The van der Waals surface area contributed by atoms with E-state index in [1.54, 1.807) is 0 Å². The van der Waals surface area contributed by atoms with Crippen LogP contribution in [0.5, 0.6) is 0 Å². The number of ether oxygens (including phenoxy) is 1. The van der Waals surface area contributed by atoms with Crippen molar-refractivity contribution in [3.05, 3.63) is 21.9 Å². The summed E-state index contributed by atoms with van der Waals surface area (Å²) in [7, 11) is 0. The van der Waals surface area contributed by atoms with E-state index in [-0.39, 0.29) is 18.9 Å². The van der Waals surface area contributed by atoms with Gasteiger partial charge in [-0.05, 0) is 61.6 Å². The quantitative estimate of drug-likeness (QED) is 0.736. The summed E-state index contributed by atoms with van der Waals surface area (Å²) < 4.78 is 31.9. The van der Waals surface area contributed by atoms with Crippen LogP contribution in [0.2, 0.25) is 0 Å². The predicted molar refractivity (Wildman–Crippen MR) is 101 cm³/mol. The van der Waals surface area contributed by atoms with Crippen molar-refractivity contribution in [3.8, 4) is 0 Å². The van der Waals surface area contributed by atoms with Gasteiger partial charge in [-0.2, -0.15) is 0 Å². The Hall–Kier alpha value is -0.560. The second-order valence-corrected chi connectivity index (χ2v) is 9.22. The normalized spacial score (nSPS) is 29.8. The van der Waals surface area contributed by atoms with Gasteiger partial charge in [0.25, 0.3) is 0 Å². The van der Waals surface area contributed by atoms with Crippen LogP contribution >= 0.6 is 11.3 Å². The topological polar surface area (TPSA) is 33.3 Å². The largest absolute Gasteiger partial charge is 0.381 e. The first-order chi connectivity index (χ1) is 12.6. The van der Waals surface area contributed by atoms with Gasteiger partial charge in [0.05, 0.1) is 0 Å². The molecule has 0 radical (unpaired) electrons. The molecule has 2 atom stereocenters. The fourth-order valence-corrected chi connectivity index (χ4v) is 5.29. The van der Waals surface area contributed by atoms with E-state index in [0.717, 1.165) is 32.2 Å². The molecule has 2 aliphatic carbocycles. The van der Waals surface area contributed by atoms with Crippen LogP contribution in [-0.4, -0.2) is 37.8 Å². The van der Waals surface area contributed by atoms with Gasteiger partial charge in [0.2, 0.25) is 5.92 Å². The third-order valence-corrected chi connectivity index (χ3v) is 7.26. The Balaban J connectivity index is 1.17. The minimum atomic E-state index is -2.44. The summed E-state index contributed by atoms with van der Waals surface area (Å²) in [6.45, 7) is 3.76. The Bertz CT molecular complexity index is 578. The molecule has 1 aliphatic heterocycles. The van der Waals surface area contributed by atoms with E-state index in [9.17, 15) is 8.78 Å². The van der Waals surface area contributed by atoms with Gasteiger partial charge in [-0.3, -0.25) is 0 Å². The average Bonchev–Trinajstić information content (AvgIpc) is 3.27. The highest BCUT2D eigenvalue weighted by molar-refractivity contribution is 7.10. The fourth-order valence-electron chi connectivity index (χ4n) is 4.19. The molecule has 26 heavy (non-hydrogen) atoms. The molecule has 0 amide bonds. The van der Waals surface area contributed by atoms with Gasteiger partial charge >= 0.3 is 0 Å². The van der Waals surface area contributed by atoms with Gasteiger partial charge in [-0.15, -0.1) is 11.3 Å². The van der Waals surface area contributed by atoms with Crippen molar-refractivity contribution in [3.63, 3.8) is 0 Å². The zero-order valence-corrected chi connectivity index (χ0v) is 16.1. The SMILES string of the molecule is FC1(F)CCC(NCc2csc(C3CC3NCC3CCOCC3)c2)CC1. The molecule has 1 aromatic heterocycles. The minimum absolute atomic E-state index is 0.0299. The Morgan fingerprint density at radius 2 is 1.88 bits per heavy atom. The van der Waals surface area contributed by atoms with Gasteiger partial charge in [0, 0.05) is 55.5 Å². The van der Waals surface area contributed by atoms with Crippen LogP contribution in [0, 0.1) is 5.92 Å². The summed E-state index contributed by atoms with van der Waals surface area (Å²) in [4.78, 5) is 1.47. The molecule has 6 heteroatoms. The number of hydrogen-bond donors (Lipinski definition) is 2. The van der Waals surface area contributed by atoms with Crippen molar-refractivity contribution in [2.24, 2.45) is 5.92 Å². The molecule has 0 spiro atoms. The number of rotatable bonds is 7. The highest BCUT2D eigenvalue weighted by atomic mass is 32.1. The number of hydrogen-bond acceptors (Lipinski definition) is 4. The van der Waals surface area contributed by atoms with E-state index in [0.29, 0.717) is 24.8 Å². The van der Waals surface area contributed by atoms with E-state index in [1.165, 1.54) is 29.7 Å². The van der Waals surface area contributed by atoms with Gasteiger partial charge in [-0.1, -0.05) is 0 Å². The lowest BCUT2D eigenvalue weighted by atomic mass is 9.92. The van der Waals surface area contributed by atoms with Crippen molar-refractivity contribution in [2.45, 2.75) is 75.4 Å². The monoisotopic (exact) mass is 384 g/mol. The summed E-state index contributed by atoms with van der Waals surface area (Å²) in [6, 6.07) is 3.20. The number of halogens is 2. The number of nitrogens with one attached hydrogen (secondary N) is 2. The van der Waals surface area contributed by atoms with Crippen molar-refractivity contribution in [2.75, 3.05) is 19.8 Å². The summed E-state index contributed by atoms with van der Waals surface area (Å²) >= 11 is 1.85. The maximum atomic E-state index is 13.2. The predicted octanol–water partition coefficient (Wildman–Crippen LogP) is 4.29. The lowest BCUT2D eigenvalue weighted by Crippen LogP contribution is -2.36. The van der Waals surface area contributed by atoms with E-state index in [2.05, 4.69) is 22.1 Å². The second-order valence-electron chi connectivity index (χ2n) is 8.28. The van der Waals surface area contributed by atoms with Gasteiger partial charge in [0.15, 0.2) is 0 Å². The van der Waals surface area contributed by atoms with Crippen molar-refractivity contribution in [1.29, 1.82) is 0 Å². The van der Waals surface area contributed by atoms with Crippen molar-refractivity contribution >= 4 is 11.3 Å². The molecular formula is C20H30F2N2OS. The van der Waals surface area contributed by atoms with Crippen LogP contribution in [0.15, 0.2) is 11.4 Å². The molecule has 3 fully saturated rings. The maximum Gasteiger partial charge on any atom is 0.248 e. The standard InChI is InChI=1S/C20H30F2N2OS/c21-20(22)5-1-16(2-6-20)23-12-15-9-19(26-13-15)17-10-18(17)24-11-14-3-7-25-8-4-14/h9,13-14,16-18,23-24H,1-8,10-12H2. The highest BCUT2D eigenvalue weighted by Crippen LogP contribution is 2.43. The lowest BCUT2D eigenvalue weighted by Gasteiger charge is -2.28. The second kappa shape index (κ2) is 8.21. The van der Waals surface area contributed by atoms with Crippen LogP contribution in [0.1, 0.15) is 61.3 Å². The highest BCUT2D eigenvalue weighted by Gasteiger charge is 2.39. The third kappa shape index (κ3) is 5.03. The van der Waals surface area contributed by atoms with Crippen molar-refractivity contribution < 1.29 is 13.5 Å². The first kappa shape index (κ1) is 18.8. The summed E-state index contributed by atoms with van der Waals surface area (Å²) in [5, 5.41) is 9.44. The molecule has 4 rings (SSSR count). The van der Waals surface area contributed by atoms with Crippen LogP contribution in [0.4, 0.5) is 8.78 Å². The minimum Gasteiger partial charge on any atom is -0.381 e. The van der Waals surface area contributed by atoms with E-state index in [1.807, 2.05) is 11.3 Å². The Morgan fingerprint density at radius 3 is 2.65 bits per heavy atom. The van der Waals surface area contributed by atoms with Gasteiger partial charge in [0.1, 0.15) is 0 Å². The van der Waals surface area contributed by atoms with E-state index < -0.39 is 5.92 Å². The Kier molecular flexibility index (Phi) is 5.93. The molecule has 1 aromatic rings. The maximum absolute atomic E-state index is 13.2. The first-order valence-corrected chi connectivity index (χ1v) is 11.0. The molecule has 0 aromatic carbocycles. The molecule has 2 saturated carbocycles. The molecule has 2 unspecified atom stereocenters. The Morgan fingerprint density at radius 1 is 1.12 bits per heavy atom. The zero-order chi connectivity index (χ0) is 18.0. The van der Waals surface area contributed by atoms with Crippen LogP contribution < -0.4 is 10.6 Å². The zero-order valence-electron chi connectivity index (χ0n) is 15.3. The fraction of sp³-hybridized carbons (Fsp3) is 0.800. The first-order valence-electron chi connectivity index (χ1n) is 10.1. The van der Waals surface area contributed by atoms with Crippen LogP contribution in [-0.2, 0) is 11.3 Å². The molecule has 2 heterocycles. The van der Waals surface area contributed by atoms with Crippen LogP contribution in [0.25, 0.3) is 0 Å². The molecule has 0 bridgehead atoms. The smallest absolute Gasteiger partial charge is 0.248 e. The average molecular weight is 385 g/mol. The molecule has 146 valence electrons. The van der Waals surface area contributed by atoms with Crippen molar-refractivity contribution in [1.82, 2.24) is 10.6 Å². The lowest BCUT2D eigenvalue weighted by molar-refractivity contribution is -0.0405. The molecule has 1 saturated heterocycles. The van der Waals surface area contributed by atoms with Crippen LogP contribution in [0.3, 0.4) is 0 Å². The molecule has 3 aliphatic rings. The summed E-state index contributed by atoms with van der Waals surface area (Å²) in [5.74, 6) is -0.996. The number of alkyl halides is 2. The molecular weight excluding hydrogens is 354 g/mol. The van der Waals surface area contributed by atoms with E-state index in [4.69, 9.17) is 4.74 Å². The summed E-state index contributed by atoms with van der Waals surface area (Å²) in [6.07, 6.45) is 4.85. The van der Waals surface area contributed by atoms with E-state index >= 15 is 0 Å². The van der Waals surface area contributed by atoms with Gasteiger partial charge < -0.3 is 15.4 Å². The van der Waals surface area contributed by atoms with Gasteiger partial charge in [-0.25, -0.2) is 8.78 Å². The summed E-state index contributed by atoms with van der Waals surface area (Å²) in [5.41, 5.74) is 1.30. The Labute approximate surface area is 158 Å².